The Kier molecular flexibility index (Phi) is 5.48. The summed E-state index contributed by atoms with van der Waals surface area (Å²) in [5.41, 5.74) is 7.86. The van der Waals surface area contributed by atoms with Gasteiger partial charge < -0.3 is 20.4 Å². The fraction of sp³-hybridized carbons (Fsp3) is 0.333. The van der Waals surface area contributed by atoms with E-state index in [-0.39, 0.29) is 12.5 Å². The molecule has 1 atom stereocenters. The van der Waals surface area contributed by atoms with Gasteiger partial charge in [-0.25, -0.2) is 4.98 Å². The van der Waals surface area contributed by atoms with Crippen molar-refractivity contribution in [2.75, 3.05) is 13.7 Å². The largest absolute Gasteiger partial charge is 0.383 e. The van der Waals surface area contributed by atoms with Crippen molar-refractivity contribution in [2.45, 2.75) is 19.1 Å². The van der Waals surface area contributed by atoms with Gasteiger partial charge in [0.25, 0.3) is 0 Å². The Hall–Kier alpha value is -2.18. The molecule has 0 aliphatic carbocycles. The minimum Gasteiger partial charge on any atom is -0.383 e. The second kappa shape index (κ2) is 7.56. The summed E-state index contributed by atoms with van der Waals surface area (Å²) < 4.78 is 6.85. The first-order valence-electron chi connectivity index (χ1n) is 6.75. The molecule has 0 fully saturated rings. The third kappa shape index (κ3) is 4.70. The van der Waals surface area contributed by atoms with Gasteiger partial charge in [-0.05, 0) is 11.1 Å². The third-order valence-electron chi connectivity index (χ3n) is 3.10. The van der Waals surface area contributed by atoms with Crippen LogP contribution >= 0.6 is 0 Å². The Morgan fingerprint density at radius 2 is 2.10 bits per heavy atom. The number of hydrogen-bond acceptors (Lipinski definition) is 4. The van der Waals surface area contributed by atoms with Crippen LogP contribution < -0.4 is 11.1 Å². The van der Waals surface area contributed by atoms with Crippen LogP contribution in [0.25, 0.3) is 0 Å². The van der Waals surface area contributed by atoms with Gasteiger partial charge in [-0.3, -0.25) is 4.79 Å². The second-order valence-electron chi connectivity index (χ2n) is 4.83. The highest BCUT2D eigenvalue weighted by atomic mass is 16.5. The zero-order chi connectivity index (χ0) is 15.1. The van der Waals surface area contributed by atoms with Crippen LogP contribution in [0.4, 0.5) is 0 Å². The molecule has 6 nitrogen and oxygen atoms in total. The Morgan fingerprint density at radius 3 is 2.71 bits per heavy atom. The summed E-state index contributed by atoms with van der Waals surface area (Å²) in [5, 5.41) is 2.79. The van der Waals surface area contributed by atoms with E-state index in [0.717, 1.165) is 12.1 Å². The highest BCUT2D eigenvalue weighted by Crippen LogP contribution is 2.06. The monoisotopic (exact) mass is 288 g/mol. The number of carbonyl (C=O) groups is 1. The van der Waals surface area contributed by atoms with Crippen molar-refractivity contribution in [3.63, 3.8) is 0 Å². The normalized spacial score (nSPS) is 12.1. The number of aromatic nitrogens is 2. The van der Waals surface area contributed by atoms with Gasteiger partial charge in [0.15, 0.2) is 0 Å². The van der Waals surface area contributed by atoms with E-state index in [1.54, 1.807) is 12.5 Å². The maximum Gasteiger partial charge on any atom is 0.239 e. The van der Waals surface area contributed by atoms with Gasteiger partial charge in [0.1, 0.15) is 6.04 Å². The Morgan fingerprint density at radius 1 is 1.38 bits per heavy atom. The highest BCUT2D eigenvalue weighted by Gasteiger charge is 2.12. The van der Waals surface area contributed by atoms with Crippen LogP contribution in [-0.2, 0) is 22.6 Å². The SMILES string of the molecule is COCC(N)C(=O)NCc1ccc(Cn2ccnc2)cc1. The van der Waals surface area contributed by atoms with Crippen LogP contribution in [0.3, 0.4) is 0 Å². The lowest BCUT2D eigenvalue weighted by Crippen LogP contribution is -2.43. The minimum atomic E-state index is -0.629. The van der Waals surface area contributed by atoms with Gasteiger partial charge >= 0.3 is 0 Å². The Balaban J connectivity index is 1.83. The Bertz CT molecular complexity index is 552. The van der Waals surface area contributed by atoms with Crippen LogP contribution in [0.15, 0.2) is 43.0 Å². The molecule has 112 valence electrons. The van der Waals surface area contributed by atoms with Crippen molar-refractivity contribution in [1.82, 2.24) is 14.9 Å². The number of methoxy groups -OCH3 is 1. The number of imidazole rings is 1. The molecule has 0 aliphatic heterocycles. The molecule has 0 bridgehead atoms. The predicted octanol–water partition coefficient (Wildman–Crippen LogP) is 0.521. The molecular formula is C15H20N4O2. The van der Waals surface area contributed by atoms with E-state index in [0.29, 0.717) is 6.54 Å². The zero-order valence-electron chi connectivity index (χ0n) is 12.0. The van der Waals surface area contributed by atoms with Crippen molar-refractivity contribution >= 4 is 5.91 Å². The van der Waals surface area contributed by atoms with Gasteiger partial charge in [-0.1, -0.05) is 24.3 Å². The number of ether oxygens (including phenoxy) is 1. The average molecular weight is 288 g/mol. The number of amides is 1. The van der Waals surface area contributed by atoms with E-state index < -0.39 is 6.04 Å². The molecule has 3 N–H and O–H groups in total. The van der Waals surface area contributed by atoms with Crippen LogP contribution in [0, 0.1) is 0 Å². The predicted molar refractivity (Wildman–Crippen MR) is 79.5 cm³/mol. The summed E-state index contributed by atoms with van der Waals surface area (Å²) in [6, 6.07) is 7.44. The molecule has 0 radical (unpaired) electrons. The molecule has 1 amide bonds. The standard InChI is InChI=1S/C15H20N4O2/c1-21-10-14(16)15(20)18-8-12-2-4-13(5-3-12)9-19-7-6-17-11-19/h2-7,11,14H,8-10,16H2,1H3,(H,18,20). The Labute approximate surface area is 123 Å². The van der Waals surface area contributed by atoms with Gasteiger partial charge in [0, 0.05) is 32.6 Å². The maximum absolute atomic E-state index is 11.7. The van der Waals surface area contributed by atoms with Crippen molar-refractivity contribution in [2.24, 2.45) is 5.73 Å². The van der Waals surface area contributed by atoms with Crippen LogP contribution in [0.1, 0.15) is 11.1 Å². The molecule has 1 unspecified atom stereocenters. The average Bonchev–Trinajstić information content (AvgIpc) is 2.99. The number of nitrogens with one attached hydrogen (secondary N) is 1. The number of hydrogen-bond donors (Lipinski definition) is 2. The molecule has 21 heavy (non-hydrogen) atoms. The number of benzene rings is 1. The van der Waals surface area contributed by atoms with Crippen molar-refractivity contribution in [1.29, 1.82) is 0 Å². The van der Waals surface area contributed by atoms with Crippen molar-refractivity contribution < 1.29 is 9.53 Å². The molecule has 1 heterocycles. The molecular weight excluding hydrogens is 268 g/mol. The first-order chi connectivity index (χ1) is 10.2. The number of rotatable bonds is 7. The summed E-state index contributed by atoms with van der Waals surface area (Å²) in [7, 11) is 1.52. The smallest absolute Gasteiger partial charge is 0.239 e. The van der Waals surface area contributed by atoms with Crippen molar-refractivity contribution in [3.8, 4) is 0 Å². The molecule has 0 saturated carbocycles. The van der Waals surface area contributed by atoms with E-state index in [2.05, 4.69) is 10.3 Å². The van der Waals surface area contributed by atoms with E-state index in [4.69, 9.17) is 10.5 Å². The first kappa shape index (κ1) is 15.2. The number of carbonyl (C=O) groups excluding carboxylic acids is 1. The molecule has 1 aromatic heterocycles. The fourth-order valence-corrected chi connectivity index (χ4v) is 1.93. The van der Waals surface area contributed by atoms with Gasteiger partial charge in [-0.2, -0.15) is 0 Å². The quantitative estimate of drug-likeness (QED) is 0.778. The summed E-state index contributed by atoms with van der Waals surface area (Å²) in [6.45, 7) is 1.46. The third-order valence-corrected chi connectivity index (χ3v) is 3.10. The van der Waals surface area contributed by atoms with E-state index in [1.165, 1.54) is 12.7 Å². The molecule has 0 aliphatic rings. The minimum absolute atomic E-state index is 0.209. The topological polar surface area (TPSA) is 82.2 Å². The van der Waals surface area contributed by atoms with Crippen molar-refractivity contribution in [3.05, 3.63) is 54.1 Å². The summed E-state index contributed by atoms with van der Waals surface area (Å²) in [4.78, 5) is 15.7. The van der Waals surface area contributed by atoms with Crippen LogP contribution in [0.5, 0.6) is 0 Å². The number of nitrogens with zero attached hydrogens (tertiary/aromatic N) is 2. The van der Waals surface area contributed by atoms with Gasteiger partial charge in [-0.15, -0.1) is 0 Å². The summed E-state index contributed by atoms with van der Waals surface area (Å²) >= 11 is 0. The molecule has 2 aromatic rings. The van der Waals surface area contributed by atoms with Crippen LogP contribution in [-0.4, -0.2) is 35.2 Å². The zero-order valence-corrected chi connectivity index (χ0v) is 12.0. The van der Waals surface area contributed by atoms with E-state index in [9.17, 15) is 4.79 Å². The van der Waals surface area contributed by atoms with Gasteiger partial charge in [0.05, 0.1) is 12.9 Å². The summed E-state index contributed by atoms with van der Waals surface area (Å²) in [6.07, 6.45) is 5.46. The summed E-state index contributed by atoms with van der Waals surface area (Å²) in [5.74, 6) is -0.209. The molecule has 2 rings (SSSR count). The molecule has 1 aromatic carbocycles. The van der Waals surface area contributed by atoms with E-state index in [1.807, 2.05) is 35.0 Å². The molecule has 0 spiro atoms. The molecule has 6 heteroatoms. The second-order valence-corrected chi connectivity index (χ2v) is 4.83. The van der Waals surface area contributed by atoms with Gasteiger partial charge in [0.2, 0.25) is 5.91 Å². The van der Waals surface area contributed by atoms with Crippen LogP contribution in [0.2, 0.25) is 0 Å². The lowest BCUT2D eigenvalue weighted by Gasteiger charge is -2.11. The van der Waals surface area contributed by atoms with E-state index >= 15 is 0 Å². The molecule has 0 saturated heterocycles. The number of nitrogens with two attached hydrogens (primary N) is 1. The lowest BCUT2D eigenvalue weighted by atomic mass is 10.1. The lowest BCUT2D eigenvalue weighted by molar-refractivity contribution is -0.123. The highest BCUT2D eigenvalue weighted by molar-refractivity contribution is 5.81. The fourth-order valence-electron chi connectivity index (χ4n) is 1.93. The first-order valence-corrected chi connectivity index (χ1v) is 6.75. The maximum atomic E-state index is 11.7.